The molecule has 1 aromatic rings. The van der Waals surface area contributed by atoms with E-state index in [1.807, 2.05) is 18.2 Å². The van der Waals surface area contributed by atoms with Crippen molar-refractivity contribution < 1.29 is 4.79 Å². The van der Waals surface area contributed by atoms with E-state index in [0.717, 1.165) is 25.8 Å². The van der Waals surface area contributed by atoms with Crippen LogP contribution in [0.25, 0.3) is 0 Å². The predicted octanol–water partition coefficient (Wildman–Crippen LogP) is 2.42. The van der Waals surface area contributed by atoms with Gasteiger partial charge in [-0.25, -0.2) is 0 Å². The van der Waals surface area contributed by atoms with Crippen molar-refractivity contribution in [3.63, 3.8) is 0 Å². The molecule has 1 saturated heterocycles. The number of carbonyl (C=O) groups excluding carboxylic acids is 1. The molecule has 1 amide bonds. The fourth-order valence-corrected chi connectivity index (χ4v) is 2.04. The van der Waals surface area contributed by atoms with Gasteiger partial charge >= 0.3 is 0 Å². The van der Waals surface area contributed by atoms with Crippen LogP contribution in [0.3, 0.4) is 0 Å². The number of amides is 1. The smallest absolute Gasteiger partial charge is 0.241 e. The lowest BCUT2D eigenvalue weighted by molar-refractivity contribution is -0.118. The Bertz CT molecular complexity index is 375. The second kappa shape index (κ2) is 5.32. The molecule has 1 atom stereocenters. The zero-order valence-electron chi connectivity index (χ0n) is 9.00. The second-order valence-electron chi connectivity index (χ2n) is 3.97. The molecule has 1 aliphatic rings. The summed E-state index contributed by atoms with van der Waals surface area (Å²) in [4.78, 5) is 11.9. The van der Waals surface area contributed by atoms with E-state index in [2.05, 4.69) is 10.6 Å². The molecule has 0 unspecified atom stereocenters. The standard InChI is InChI=1S/C12H15ClN2O/c13-9-5-1-2-6-10(9)15-12(16)11-7-3-4-8-14-11/h1-2,5-6,11,14H,3-4,7-8H2,(H,15,16)/t11-/m0/s1. The molecule has 1 aromatic carbocycles. The lowest BCUT2D eigenvalue weighted by Gasteiger charge is -2.22. The molecule has 4 heteroatoms. The van der Waals surface area contributed by atoms with Gasteiger partial charge < -0.3 is 10.6 Å². The molecular weight excluding hydrogens is 224 g/mol. The lowest BCUT2D eigenvalue weighted by atomic mass is 10.0. The maximum Gasteiger partial charge on any atom is 0.241 e. The average Bonchev–Trinajstić information content (AvgIpc) is 2.33. The molecule has 0 aliphatic carbocycles. The number of para-hydroxylation sites is 1. The lowest BCUT2D eigenvalue weighted by Crippen LogP contribution is -2.43. The maximum atomic E-state index is 11.9. The topological polar surface area (TPSA) is 41.1 Å². The minimum atomic E-state index is -0.0787. The van der Waals surface area contributed by atoms with Crippen LogP contribution in [0.5, 0.6) is 0 Å². The fraction of sp³-hybridized carbons (Fsp3) is 0.417. The van der Waals surface area contributed by atoms with E-state index in [-0.39, 0.29) is 11.9 Å². The largest absolute Gasteiger partial charge is 0.323 e. The minimum Gasteiger partial charge on any atom is -0.323 e. The van der Waals surface area contributed by atoms with Crippen LogP contribution in [0, 0.1) is 0 Å². The number of benzene rings is 1. The first-order valence-electron chi connectivity index (χ1n) is 5.56. The van der Waals surface area contributed by atoms with Crippen LogP contribution >= 0.6 is 11.6 Å². The molecule has 0 aromatic heterocycles. The third-order valence-electron chi connectivity index (χ3n) is 2.76. The van der Waals surface area contributed by atoms with Crippen LogP contribution < -0.4 is 10.6 Å². The highest BCUT2D eigenvalue weighted by Gasteiger charge is 2.20. The molecule has 0 spiro atoms. The van der Waals surface area contributed by atoms with E-state index >= 15 is 0 Å². The second-order valence-corrected chi connectivity index (χ2v) is 4.38. The van der Waals surface area contributed by atoms with Gasteiger partial charge in [-0.1, -0.05) is 30.2 Å². The van der Waals surface area contributed by atoms with Gasteiger partial charge in [-0.15, -0.1) is 0 Å². The SMILES string of the molecule is O=C(Nc1ccccc1Cl)[C@@H]1CCCCN1. The first-order chi connectivity index (χ1) is 7.77. The molecule has 0 radical (unpaired) electrons. The Labute approximate surface area is 100 Å². The normalized spacial score (nSPS) is 20.4. The molecule has 1 fully saturated rings. The number of hydrogen-bond donors (Lipinski definition) is 2. The number of carbonyl (C=O) groups is 1. The highest BCUT2D eigenvalue weighted by molar-refractivity contribution is 6.33. The van der Waals surface area contributed by atoms with Crippen LogP contribution in [-0.2, 0) is 4.79 Å². The maximum absolute atomic E-state index is 11.9. The molecule has 0 bridgehead atoms. The molecular formula is C12H15ClN2O. The monoisotopic (exact) mass is 238 g/mol. The van der Waals surface area contributed by atoms with Crippen LogP contribution in [-0.4, -0.2) is 18.5 Å². The van der Waals surface area contributed by atoms with Crippen molar-refractivity contribution in [1.29, 1.82) is 0 Å². The van der Waals surface area contributed by atoms with E-state index in [9.17, 15) is 4.79 Å². The predicted molar refractivity (Wildman–Crippen MR) is 65.7 cm³/mol. The van der Waals surface area contributed by atoms with Crippen LogP contribution in [0.15, 0.2) is 24.3 Å². The molecule has 0 saturated carbocycles. The van der Waals surface area contributed by atoms with Crippen LogP contribution in [0.1, 0.15) is 19.3 Å². The van der Waals surface area contributed by atoms with Crippen molar-refractivity contribution in [2.75, 3.05) is 11.9 Å². The third kappa shape index (κ3) is 2.74. The summed E-state index contributed by atoms with van der Waals surface area (Å²) >= 11 is 5.97. The number of anilines is 1. The third-order valence-corrected chi connectivity index (χ3v) is 3.09. The highest BCUT2D eigenvalue weighted by Crippen LogP contribution is 2.21. The molecule has 1 heterocycles. The molecule has 16 heavy (non-hydrogen) atoms. The Morgan fingerprint density at radius 2 is 2.19 bits per heavy atom. The highest BCUT2D eigenvalue weighted by atomic mass is 35.5. The van der Waals surface area contributed by atoms with Crippen LogP contribution in [0.2, 0.25) is 5.02 Å². The summed E-state index contributed by atoms with van der Waals surface area (Å²) in [6.07, 6.45) is 3.15. The number of rotatable bonds is 2. The zero-order chi connectivity index (χ0) is 11.4. The zero-order valence-corrected chi connectivity index (χ0v) is 9.76. The van der Waals surface area contributed by atoms with Gasteiger partial charge in [0.1, 0.15) is 0 Å². The van der Waals surface area contributed by atoms with Gasteiger partial charge in [-0.3, -0.25) is 4.79 Å². The summed E-state index contributed by atoms with van der Waals surface area (Å²) < 4.78 is 0. The Morgan fingerprint density at radius 1 is 1.38 bits per heavy atom. The Morgan fingerprint density at radius 3 is 2.88 bits per heavy atom. The van der Waals surface area contributed by atoms with Gasteiger partial charge in [0.05, 0.1) is 16.8 Å². The van der Waals surface area contributed by atoms with E-state index in [1.165, 1.54) is 0 Å². The summed E-state index contributed by atoms with van der Waals surface area (Å²) in [6.45, 7) is 0.917. The first kappa shape index (κ1) is 11.4. The summed E-state index contributed by atoms with van der Waals surface area (Å²) in [6, 6.07) is 7.20. The Balaban J connectivity index is 1.99. The molecule has 2 rings (SSSR count). The minimum absolute atomic E-state index is 0.00722. The summed E-state index contributed by atoms with van der Waals surface area (Å²) in [5.41, 5.74) is 0.682. The van der Waals surface area contributed by atoms with E-state index < -0.39 is 0 Å². The van der Waals surface area contributed by atoms with Gasteiger partial charge in [0.15, 0.2) is 0 Å². The summed E-state index contributed by atoms with van der Waals surface area (Å²) in [5, 5.41) is 6.63. The van der Waals surface area contributed by atoms with Crippen molar-refractivity contribution in [3.8, 4) is 0 Å². The number of halogens is 1. The fourth-order valence-electron chi connectivity index (χ4n) is 1.86. The quantitative estimate of drug-likeness (QED) is 0.831. The number of nitrogens with one attached hydrogen (secondary N) is 2. The van der Waals surface area contributed by atoms with Gasteiger partial charge in [0, 0.05) is 0 Å². The summed E-state index contributed by atoms with van der Waals surface area (Å²) in [7, 11) is 0. The van der Waals surface area contributed by atoms with Gasteiger partial charge in [-0.2, -0.15) is 0 Å². The van der Waals surface area contributed by atoms with Gasteiger partial charge in [0.2, 0.25) is 5.91 Å². The van der Waals surface area contributed by atoms with Crippen molar-refractivity contribution in [3.05, 3.63) is 29.3 Å². The van der Waals surface area contributed by atoms with Gasteiger partial charge in [-0.05, 0) is 31.5 Å². The number of hydrogen-bond acceptors (Lipinski definition) is 2. The Hall–Kier alpha value is -1.06. The molecule has 1 aliphatic heterocycles. The van der Waals surface area contributed by atoms with E-state index in [0.29, 0.717) is 10.7 Å². The van der Waals surface area contributed by atoms with Crippen molar-refractivity contribution in [2.24, 2.45) is 0 Å². The van der Waals surface area contributed by atoms with Crippen molar-refractivity contribution in [2.45, 2.75) is 25.3 Å². The molecule has 2 N–H and O–H groups in total. The van der Waals surface area contributed by atoms with E-state index in [4.69, 9.17) is 11.6 Å². The Kier molecular flexibility index (Phi) is 3.80. The average molecular weight is 239 g/mol. The van der Waals surface area contributed by atoms with Crippen molar-refractivity contribution >= 4 is 23.2 Å². The van der Waals surface area contributed by atoms with E-state index in [1.54, 1.807) is 6.07 Å². The summed E-state index contributed by atoms with van der Waals surface area (Å²) in [5.74, 6) is 0.00722. The molecule has 86 valence electrons. The van der Waals surface area contributed by atoms with Crippen molar-refractivity contribution in [1.82, 2.24) is 5.32 Å². The van der Waals surface area contributed by atoms with Gasteiger partial charge in [0.25, 0.3) is 0 Å². The van der Waals surface area contributed by atoms with Crippen LogP contribution in [0.4, 0.5) is 5.69 Å². The number of piperidine rings is 1. The molecule has 3 nitrogen and oxygen atoms in total. The first-order valence-corrected chi connectivity index (χ1v) is 5.94.